The van der Waals surface area contributed by atoms with Crippen molar-refractivity contribution in [2.24, 2.45) is 5.92 Å². The van der Waals surface area contributed by atoms with Gasteiger partial charge in [0.2, 0.25) is 0 Å². The van der Waals surface area contributed by atoms with Crippen LogP contribution in [0, 0.1) is 12.8 Å². The van der Waals surface area contributed by atoms with Crippen LogP contribution in [0.1, 0.15) is 23.0 Å². The highest BCUT2D eigenvalue weighted by Crippen LogP contribution is 2.20. The molecule has 0 aliphatic rings. The zero-order valence-corrected chi connectivity index (χ0v) is 11.4. The molecular formula is C11H14BrNO4. The fourth-order valence-electron chi connectivity index (χ4n) is 1.40. The minimum absolute atomic E-state index is 0.145. The lowest BCUT2D eigenvalue weighted by atomic mass is 10.1. The van der Waals surface area contributed by atoms with E-state index >= 15 is 0 Å². The molecule has 0 bridgehead atoms. The van der Waals surface area contributed by atoms with E-state index in [-0.39, 0.29) is 18.2 Å². The molecule has 0 aliphatic heterocycles. The first-order valence-electron chi connectivity index (χ1n) is 5.07. The highest BCUT2D eigenvalue weighted by molar-refractivity contribution is 9.10. The molecule has 0 fully saturated rings. The number of carboxylic acid groups (broad SMARTS) is 1. The predicted octanol–water partition coefficient (Wildman–Crippen LogP) is 2.14. The van der Waals surface area contributed by atoms with Gasteiger partial charge in [-0.1, -0.05) is 6.92 Å². The van der Waals surface area contributed by atoms with Gasteiger partial charge < -0.3 is 14.4 Å². The quantitative estimate of drug-likeness (QED) is 0.925. The summed E-state index contributed by atoms with van der Waals surface area (Å²) in [4.78, 5) is 24.0. The monoisotopic (exact) mass is 303 g/mol. The first kappa shape index (κ1) is 13.8. The second kappa shape index (κ2) is 5.35. The van der Waals surface area contributed by atoms with Crippen LogP contribution in [0.15, 0.2) is 15.2 Å². The summed E-state index contributed by atoms with van der Waals surface area (Å²) < 4.78 is 5.70. The molecule has 0 aromatic carbocycles. The van der Waals surface area contributed by atoms with Gasteiger partial charge >= 0.3 is 5.97 Å². The molecule has 1 amide bonds. The summed E-state index contributed by atoms with van der Waals surface area (Å²) in [5.74, 6) is -1.62. The van der Waals surface area contributed by atoms with Crippen molar-refractivity contribution < 1.29 is 19.1 Å². The van der Waals surface area contributed by atoms with Crippen LogP contribution in [-0.2, 0) is 4.79 Å². The van der Waals surface area contributed by atoms with Gasteiger partial charge in [0, 0.05) is 19.2 Å². The summed E-state index contributed by atoms with van der Waals surface area (Å²) in [5, 5.41) is 8.77. The van der Waals surface area contributed by atoms with Crippen molar-refractivity contribution in [3.05, 3.63) is 22.1 Å². The zero-order valence-electron chi connectivity index (χ0n) is 9.86. The van der Waals surface area contributed by atoms with Crippen LogP contribution in [0.2, 0.25) is 0 Å². The van der Waals surface area contributed by atoms with Gasteiger partial charge in [-0.2, -0.15) is 0 Å². The molecule has 0 aliphatic carbocycles. The Labute approximate surface area is 108 Å². The minimum Gasteiger partial charge on any atom is -0.481 e. The average Bonchev–Trinajstić information content (AvgIpc) is 2.56. The highest BCUT2D eigenvalue weighted by atomic mass is 79.9. The van der Waals surface area contributed by atoms with Gasteiger partial charge in [-0.05, 0) is 28.9 Å². The average molecular weight is 304 g/mol. The van der Waals surface area contributed by atoms with Crippen LogP contribution in [0.4, 0.5) is 0 Å². The highest BCUT2D eigenvalue weighted by Gasteiger charge is 2.22. The molecule has 1 N–H and O–H groups in total. The number of aryl methyl sites for hydroxylation is 1. The number of rotatable bonds is 4. The number of hydrogen-bond donors (Lipinski definition) is 1. The van der Waals surface area contributed by atoms with E-state index in [0.29, 0.717) is 4.67 Å². The number of furan rings is 1. The first-order valence-corrected chi connectivity index (χ1v) is 5.86. The van der Waals surface area contributed by atoms with E-state index < -0.39 is 11.9 Å². The van der Waals surface area contributed by atoms with Crippen molar-refractivity contribution in [2.45, 2.75) is 13.8 Å². The third-order valence-electron chi connectivity index (χ3n) is 2.40. The van der Waals surface area contributed by atoms with Gasteiger partial charge in [0.05, 0.1) is 5.92 Å². The molecule has 0 spiro atoms. The van der Waals surface area contributed by atoms with E-state index in [0.717, 1.165) is 5.56 Å². The summed E-state index contributed by atoms with van der Waals surface area (Å²) in [6.45, 7) is 3.46. The van der Waals surface area contributed by atoms with Crippen molar-refractivity contribution in [3.8, 4) is 0 Å². The van der Waals surface area contributed by atoms with Crippen molar-refractivity contribution >= 4 is 27.8 Å². The lowest BCUT2D eigenvalue weighted by Crippen LogP contribution is -2.33. The fourth-order valence-corrected chi connectivity index (χ4v) is 1.91. The molecule has 5 nitrogen and oxygen atoms in total. The Morgan fingerprint density at radius 1 is 1.59 bits per heavy atom. The van der Waals surface area contributed by atoms with Crippen LogP contribution >= 0.6 is 15.9 Å². The maximum absolute atomic E-state index is 12.0. The summed E-state index contributed by atoms with van der Waals surface area (Å²) in [5.41, 5.74) is 0.719. The van der Waals surface area contributed by atoms with Crippen molar-refractivity contribution in [3.63, 3.8) is 0 Å². The Balaban J connectivity index is 2.77. The number of carbonyl (C=O) groups is 2. The van der Waals surface area contributed by atoms with E-state index in [2.05, 4.69) is 15.9 Å². The smallest absolute Gasteiger partial charge is 0.308 e. The SMILES string of the molecule is Cc1cc(Br)oc1C(=O)N(C)CC(C)C(=O)O. The van der Waals surface area contributed by atoms with Crippen molar-refractivity contribution in [1.29, 1.82) is 0 Å². The van der Waals surface area contributed by atoms with Gasteiger partial charge in [0.1, 0.15) is 0 Å². The second-order valence-corrected chi connectivity index (χ2v) is 4.77. The lowest BCUT2D eigenvalue weighted by molar-refractivity contribution is -0.141. The van der Waals surface area contributed by atoms with Crippen LogP contribution in [0.5, 0.6) is 0 Å². The molecule has 1 atom stereocenters. The van der Waals surface area contributed by atoms with E-state index in [1.807, 2.05) is 0 Å². The third kappa shape index (κ3) is 3.33. The molecule has 0 radical (unpaired) electrons. The third-order valence-corrected chi connectivity index (χ3v) is 2.79. The van der Waals surface area contributed by atoms with E-state index in [9.17, 15) is 9.59 Å². The standard InChI is InChI=1S/C11H14BrNO4/c1-6-4-8(12)17-9(6)10(14)13(3)5-7(2)11(15)16/h4,7H,5H2,1-3H3,(H,15,16). The Morgan fingerprint density at radius 2 is 2.18 bits per heavy atom. The number of aliphatic carboxylic acids is 1. The molecule has 94 valence electrons. The van der Waals surface area contributed by atoms with Gasteiger partial charge in [0.15, 0.2) is 10.4 Å². The van der Waals surface area contributed by atoms with Gasteiger partial charge in [0.25, 0.3) is 5.91 Å². The van der Waals surface area contributed by atoms with Crippen molar-refractivity contribution in [1.82, 2.24) is 4.90 Å². The van der Waals surface area contributed by atoms with Gasteiger partial charge in [-0.3, -0.25) is 9.59 Å². The van der Waals surface area contributed by atoms with E-state index in [4.69, 9.17) is 9.52 Å². The largest absolute Gasteiger partial charge is 0.481 e. The Hall–Kier alpha value is -1.30. The number of amides is 1. The van der Waals surface area contributed by atoms with Crippen LogP contribution in [0.3, 0.4) is 0 Å². The number of halogens is 1. The molecule has 17 heavy (non-hydrogen) atoms. The van der Waals surface area contributed by atoms with Gasteiger partial charge in [-0.25, -0.2) is 0 Å². The molecular weight excluding hydrogens is 290 g/mol. The normalized spacial score (nSPS) is 12.2. The first-order chi connectivity index (χ1) is 7.82. The molecule has 0 saturated heterocycles. The van der Waals surface area contributed by atoms with Crippen LogP contribution < -0.4 is 0 Å². The number of carboxylic acids is 1. The van der Waals surface area contributed by atoms with Gasteiger partial charge in [-0.15, -0.1) is 0 Å². The molecule has 1 aromatic heterocycles. The predicted molar refractivity (Wildman–Crippen MR) is 64.9 cm³/mol. The molecule has 1 heterocycles. The molecule has 1 aromatic rings. The summed E-state index contributed by atoms with van der Waals surface area (Å²) in [7, 11) is 1.55. The number of carbonyl (C=O) groups excluding carboxylic acids is 1. The number of nitrogens with zero attached hydrogens (tertiary/aromatic N) is 1. The Morgan fingerprint density at radius 3 is 2.59 bits per heavy atom. The maximum atomic E-state index is 12.0. The maximum Gasteiger partial charge on any atom is 0.308 e. The van der Waals surface area contributed by atoms with Crippen LogP contribution in [0.25, 0.3) is 0 Å². The van der Waals surface area contributed by atoms with Crippen LogP contribution in [-0.4, -0.2) is 35.5 Å². The van der Waals surface area contributed by atoms with E-state index in [1.165, 1.54) is 4.90 Å². The molecule has 1 rings (SSSR count). The second-order valence-electron chi connectivity index (χ2n) is 3.99. The topological polar surface area (TPSA) is 70.8 Å². The van der Waals surface area contributed by atoms with Crippen molar-refractivity contribution in [2.75, 3.05) is 13.6 Å². The molecule has 0 saturated carbocycles. The minimum atomic E-state index is -0.929. The summed E-state index contributed by atoms with van der Waals surface area (Å²) >= 11 is 3.14. The zero-order chi connectivity index (χ0) is 13.2. The fraction of sp³-hybridized carbons (Fsp3) is 0.455. The number of hydrogen-bond acceptors (Lipinski definition) is 3. The molecule has 6 heteroatoms. The summed E-state index contributed by atoms with van der Waals surface area (Å²) in [6.07, 6.45) is 0. The Kier molecular flexibility index (Phi) is 4.34. The summed E-state index contributed by atoms with van der Waals surface area (Å²) in [6, 6.07) is 1.70. The lowest BCUT2D eigenvalue weighted by Gasteiger charge is -2.18. The Bertz CT molecular complexity index is 441. The molecule has 1 unspecified atom stereocenters. The van der Waals surface area contributed by atoms with E-state index in [1.54, 1.807) is 27.0 Å².